The number of thiophene rings is 1. The van der Waals surface area contributed by atoms with Gasteiger partial charge in [0.05, 0.1) is 18.1 Å². The third kappa shape index (κ3) is 2.30. The number of rotatable bonds is 2. The van der Waals surface area contributed by atoms with E-state index >= 15 is 0 Å². The van der Waals surface area contributed by atoms with E-state index in [2.05, 4.69) is 16.8 Å². The van der Waals surface area contributed by atoms with Gasteiger partial charge in [-0.05, 0) is 36.3 Å². The number of hydrogen-bond acceptors (Lipinski definition) is 4. The topological polar surface area (TPSA) is 52.6 Å². The Bertz CT molecular complexity index is 474. The molecule has 0 saturated carbocycles. The van der Waals surface area contributed by atoms with E-state index in [4.69, 9.17) is 0 Å². The van der Waals surface area contributed by atoms with Crippen LogP contribution in [0.5, 0.6) is 0 Å². The highest BCUT2D eigenvalue weighted by atomic mass is 32.1. The Morgan fingerprint density at radius 2 is 2.37 bits per heavy atom. The predicted octanol–water partition coefficient (Wildman–Crippen LogP) is 0.959. The van der Waals surface area contributed by atoms with Crippen molar-refractivity contribution in [1.29, 1.82) is 0 Å². The van der Waals surface area contributed by atoms with Crippen molar-refractivity contribution in [1.82, 2.24) is 10.2 Å². The molecule has 104 valence electrons. The molecule has 0 spiro atoms. The van der Waals surface area contributed by atoms with E-state index < -0.39 is 6.10 Å². The Hall–Kier alpha value is -0.910. The Morgan fingerprint density at radius 1 is 1.53 bits per heavy atom. The first-order valence-corrected chi connectivity index (χ1v) is 7.78. The molecule has 0 aromatic carbocycles. The minimum atomic E-state index is -0.445. The van der Waals surface area contributed by atoms with E-state index in [0.29, 0.717) is 13.1 Å². The molecule has 1 aliphatic heterocycles. The number of fused-ring (bicyclic) bond motifs is 1. The maximum Gasteiger partial charge on any atom is 0.230 e. The number of nitrogens with one attached hydrogen (secondary N) is 1. The lowest BCUT2D eigenvalue weighted by molar-refractivity contribution is -0.135. The lowest BCUT2D eigenvalue weighted by atomic mass is 9.86. The van der Waals surface area contributed by atoms with Crippen LogP contribution in [-0.4, -0.2) is 48.2 Å². The van der Waals surface area contributed by atoms with Crippen molar-refractivity contribution in [2.24, 2.45) is 0 Å². The fraction of sp³-hybridized carbons (Fsp3) is 0.643. The van der Waals surface area contributed by atoms with Gasteiger partial charge in [0, 0.05) is 25.0 Å². The number of amides is 1. The van der Waals surface area contributed by atoms with E-state index in [1.807, 2.05) is 7.05 Å². The molecule has 1 fully saturated rings. The maximum atomic E-state index is 12.7. The van der Waals surface area contributed by atoms with Crippen molar-refractivity contribution < 1.29 is 9.90 Å². The van der Waals surface area contributed by atoms with Crippen LogP contribution in [0.15, 0.2) is 11.4 Å². The van der Waals surface area contributed by atoms with Crippen LogP contribution < -0.4 is 5.32 Å². The van der Waals surface area contributed by atoms with Gasteiger partial charge in [0.1, 0.15) is 0 Å². The summed E-state index contributed by atoms with van der Waals surface area (Å²) in [5, 5.41) is 15.1. The number of hydrogen-bond donors (Lipinski definition) is 2. The monoisotopic (exact) mass is 280 g/mol. The van der Waals surface area contributed by atoms with Gasteiger partial charge >= 0.3 is 0 Å². The molecule has 3 atom stereocenters. The summed E-state index contributed by atoms with van der Waals surface area (Å²) >= 11 is 1.76. The Kier molecular flexibility index (Phi) is 3.60. The first kappa shape index (κ1) is 13.1. The van der Waals surface area contributed by atoms with Gasteiger partial charge in [-0.15, -0.1) is 11.3 Å². The molecule has 2 aliphatic rings. The minimum absolute atomic E-state index is 0.00667. The fourth-order valence-corrected chi connectivity index (χ4v) is 4.19. The van der Waals surface area contributed by atoms with Gasteiger partial charge in [0.2, 0.25) is 5.91 Å². The van der Waals surface area contributed by atoms with Crippen LogP contribution in [-0.2, 0) is 11.2 Å². The summed E-state index contributed by atoms with van der Waals surface area (Å²) < 4.78 is 0. The predicted molar refractivity (Wildman–Crippen MR) is 75.4 cm³/mol. The van der Waals surface area contributed by atoms with Crippen LogP contribution in [0.4, 0.5) is 0 Å². The fourth-order valence-electron chi connectivity index (χ4n) is 3.20. The van der Waals surface area contributed by atoms with Crippen molar-refractivity contribution in [2.75, 3.05) is 20.1 Å². The molecule has 1 saturated heterocycles. The molecule has 5 heteroatoms. The molecule has 1 aromatic heterocycles. The molecule has 2 N–H and O–H groups in total. The molecular formula is C14H20N2O2S. The number of likely N-dealkylation sites (N-methyl/N-ethyl adjacent to an activating group) is 1. The van der Waals surface area contributed by atoms with Gasteiger partial charge in [-0.2, -0.15) is 0 Å². The van der Waals surface area contributed by atoms with Gasteiger partial charge < -0.3 is 15.3 Å². The SMILES string of the molecule is CN(C(=O)C1CCCc2sccc21)[C@@H]1CNC[C@H]1O. The quantitative estimate of drug-likeness (QED) is 0.848. The normalized spacial score (nSPS) is 30.1. The summed E-state index contributed by atoms with van der Waals surface area (Å²) in [4.78, 5) is 15.8. The summed E-state index contributed by atoms with van der Waals surface area (Å²) in [6.45, 7) is 1.27. The number of β-amino-alcohol motifs (C(OH)–C–C–N with tert-alkyl or cyclic N) is 1. The molecular weight excluding hydrogens is 260 g/mol. The second-order valence-corrected chi connectivity index (χ2v) is 6.49. The second-order valence-electron chi connectivity index (χ2n) is 5.49. The highest BCUT2D eigenvalue weighted by Gasteiger charge is 2.36. The maximum absolute atomic E-state index is 12.7. The van der Waals surface area contributed by atoms with Crippen LogP contribution in [0.3, 0.4) is 0 Å². The standard InChI is InChI=1S/C14H20N2O2S/c1-16(11-7-15-8-12(11)17)14(18)10-3-2-4-13-9(10)5-6-19-13/h5-6,10-12,15,17H,2-4,7-8H2,1H3/t10?,11-,12-/m1/s1. The smallest absolute Gasteiger partial charge is 0.230 e. The largest absolute Gasteiger partial charge is 0.390 e. The van der Waals surface area contributed by atoms with Crippen molar-refractivity contribution in [2.45, 2.75) is 37.3 Å². The zero-order chi connectivity index (χ0) is 13.4. The number of carbonyl (C=O) groups excluding carboxylic acids is 1. The molecule has 2 heterocycles. The molecule has 4 nitrogen and oxygen atoms in total. The van der Waals surface area contributed by atoms with Crippen molar-refractivity contribution >= 4 is 17.2 Å². The summed E-state index contributed by atoms with van der Waals surface area (Å²) in [5.41, 5.74) is 1.22. The third-order valence-electron chi connectivity index (χ3n) is 4.35. The van der Waals surface area contributed by atoms with Crippen molar-refractivity contribution in [3.63, 3.8) is 0 Å². The Balaban J connectivity index is 1.78. The van der Waals surface area contributed by atoms with E-state index in [-0.39, 0.29) is 17.9 Å². The van der Waals surface area contributed by atoms with Crippen LogP contribution >= 0.6 is 11.3 Å². The van der Waals surface area contributed by atoms with Crippen LogP contribution in [0.2, 0.25) is 0 Å². The Morgan fingerprint density at radius 3 is 3.11 bits per heavy atom. The average molecular weight is 280 g/mol. The average Bonchev–Trinajstić information content (AvgIpc) is 3.04. The summed E-state index contributed by atoms with van der Waals surface area (Å²) in [7, 11) is 1.82. The Labute approximate surface area is 117 Å². The first-order chi connectivity index (χ1) is 9.18. The number of aliphatic hydroxyl groups excluding tert-OH is 1. The van der Waals surface area contributed by atoms with Crippen LogP contribution in [0.1, 0.15) is 29.2 Å². The van der Waals surface area contributed by atoms with Crippen LogP contribution in [0, 0.1) is 0 Å². The summed E-state index contributed by atoms with van der Waals surface area (Å²) in [6.07, 6.45) is 2.68. The highest BCUT2D eigenvalue weighted by Crippen LogP contribution is 2.36. The second kappa shape index (κ2) is 5.23. The summed E-state index contributed by atoms with van der Waals surface area (Å²) in [5.74, 6) is 0.153. The lowest BCUT2D eigenvalue weighted by Crippen LogP contribution is -2.46. The molecule has 1 aromatic rings. The number of carbonyl (C=O) groups is 1. The van der Waals surface area contributed by atoms with E-state index in [9.17, 15) is 9.90 Å². The van der Waals surface area contributed by atoms with E-state index in [0.717, 1.165) is 19.3 Å². The van der Waals surface area contributed by atoms with Gasteiger partial charge in [-0.1, -0.05) is 0 Å². The molecule has 0 bridgehead atoms. The molecule has 0 radical (unpaired) electrons. The van der Waals surface area contributed by atoms with E-state index in [1.165, 1.54) is 10.4 Å². The summed E-state index contributed by atoms with van der Waals surface area (Å²) in [6, 6.07) is 2.01. The van der Waals surface area contributed by atoms with Gasteiger partial charge in [-0.3, -0.25) is 4.79 Å². The molecule has 1 aliphatic carbocycles. The zero-order valence-electron chi connectivity index (χ0n) is 11.1. The van der Waals surface area contributed by atoms with Crippen molar-refractivity contribution in [3.8, 4) is 0 Å². The molecule has 3 rings (SSSR count). The zero-order valence-corrected chi connectivity index (χ0v) is 11.9. The first-order valence-electron chi connectivity index (χ1n) is 6.90. The minimum Gasteiger partial charge on any atom is -0.390 e. The number of nitrogens with zero attached hydrogens (tertiary/aromatic N) is 1. The van der Waals surface area contributed by atoms with Gasteiger partial charge in [0.25, 0.3) is 0 Å². The molecule has 19 heavy (non-hydrogen) atoms. The molecule has 1 amide bonds. The number of aliphatic hydroxyl groups is 1. The van der Waals surface area contributed by atoms with Crippen LogP contribution in [0.25, 0.3) is 0 Å². The lowest BCUT2D eigenvalue weighted by Gasteiger charge is -2.31. The van der Waals surface area contributed by atoms with Crippen molar-refractivity contribution in [3.05, 3.63) is 21.9 Å². The molecule has 1 unspecified atom stereocenters. The highest BCUT2D eigenvalue weighted by molar-refractivity contribution is 7.10. The number of aryl methyl sites for hydroxylation is 1. The van der Waals surface area contributed by atoms with E-state index in [1.54, 1.807) is 16.2 Å². The van der Waals surface area contributed by atoms with Gasteiger partial charge in [0.15, 0.2) is 0 Å². The third-order valence-corrected chi connectivity index (χ3v) is 5.34. The van der Waals surface area contributed by atoms with Gasteiger partial charge in [-0.25, -0.2) is 0 Å².